The highest BCUT2D eigenvalue weighted by atomic mass is 16.5. The molecule has 1 aliphatic rings. The molecule has 1 heterocycles. The molecule has 1 saturated heterocycles. The molecule has 1 atom stereocenters. The highest BCUT2D eigenvalue weighted by Gasteiger charge is 2.33. The van der Waals surface area contributed by atoms with Gasteiger partial charge >= 0.3 is 0 Å². The van der Waals surface area contributed by atoms with Gasteiger partial charge in [0.1, 0.15) is 11.5 Å². The smallest absolute Gasteiger partial charge is 0.145 e. The van der Waals surface area contributed by atoms with Crippen LogP contribution in [0.1, 0.15) is 13.8 Å². The SMILES string of the molecule is COc1ccc(N2CC(CN)OC(C)(C)C2)c(OC)c1. The van der Waals surface area contributed by atoms with Crippen molar-refractivity contribution >= 4 is 5.69 Å². The Balaban J connectivity index is 2.30. The second-order valence-corrected chi connectivity index (χ2v) is 5.65. The second kappa shape index (κ2) is 5.89. The number of methoxy groups -OCH3 is 2. The third-order valence-corrected chi connectivity index (χ3v) is 3.47. The topological polar surface area (TPSA) is 57.0 Å². The van der Waals surface area contributed by atoms with Crippen LogP contribution in [-0.2, 0) is 4.74 Å². The van der Waals surface area contributed by atoms with Crippen LogP contribution in [0.15, 0.2) is 18.2 Å². The van der Waals surface area contributed by atoms with Gasteiger partial charge in [0.05, 0.1) is 31.6 Å². The van der Waals surface area contributed by atoms with Crippen molar-refractivity contribution in [2.24, 2.45) is 5.73 Å². The number of anilines is 1. The normalized spacial score (nSPS) is 21.6. The van der Waals surface area contributed by atoms with Gasteiger partial charge in [-0.15, -0.1) is 0 Å². The molecule has 0 amide bonds. The van der Waals surface area contributed by atoms with Crippen LogP contribution < -0.4 is 20.1 Å². The molecule has 5 heteroatoms. The largest absolute Gasteiger partial charge is 0.497 e. The fraction of sp³-hybridized carbons (Fsp3) is 0.600. The van der Waals surface area contributed by atoms with Crippen molar-refractivity contribution in [2.75, 3.05) is 38.8 Å². The lowest BCUT2D eigenvalue weighted by atomic mass is 10.0. The van der Waals surface area contributed by atoms with E-state index in [1.807, 2.05) is 18.2 Å². The Morgan fingerprint density at radius 1 is 1.35 bits per heavy atom. The van der Waals surface area contributed by atoms with Crippen LogP contribution in [0.4, 0.5) is 5.69 Å². The van der Waals surface area contributed by atoms with Gasteiger partial charge in [-0.2, -0.15) is 0 Å². The standard InChI is InChI=1S/C15H24N2O3/c1-15(2)10-17(9-12(8-16)20-15)13-6-5-11(18-3)7-14(13)19-4/h5-7,12H,8-10,16H2,1-4H3. The average molecular weight is 280 g/mol. The average Bonchev–Trinajstić information content (AvgIpc) is 2.44. The summed E-state index contributed by atoms with van der Waals surface area (Å²) in [6, 6.07) is 5.86. The fourth-order valence-corrected chi connectivity index (χ4v) is 2.65. The van der Waals surface area contributed by atoms with Crippen molar-refractivity contribution in [3.63, 3.8) is 0 Å². The molecule has 0 saturated carbocycles. The minimum absolute atomic E-state index is 0.0329. The van der Waals surface area contributed by atoms with Crippen LogP contribution in [0.3, 0.4) is 0 Å². The lowest BCUT2D eigenvalue weighted by Gasteiger charge is -2.44. The summed E-state index contributed by atoms with van der Waals surface area (Å²) in [5, 5.41) is 0. The van der Waals surface area contributed by atoms with Crippen LogP contribution in [0, 0.1) is 0 Å². The summed E-state index contributed by atoms with van der Waals surface area (Å²) in [6.45, 7) is 6.24. The first-order valence-corrected chi connectivity index (χ1v) is 6.84. The van der Waals surface area contributed by atoms with E-state index in [0.717, 1.165) is 30.3 Å². The van der Waals surface area contributed by atoms with Gasteiger partial charge in [-0.1, -0.05) is 0 Å². The van der Waals surface area contributed by atoms with E-state index >= 15 is 0 Å². The van der Waals surface area contributed by atoms with Crippen molar-refractivity contribution in [1.29, 1.82) is 0 Å². The summed E-state index contributed by atoms with van der Waals surface area (Å²) >= 11 is 0. The number of nitrogens with two attached hydrogens (primary N) is 1. The van der Waals surface area contributed by atoms with Gasteiger partial charge in [-0.25, -0.2) is 0 Å². The molecule has 0 aromatic heterocycles. The Morgan fingerprint density at radius 3 is 2.70 bits per heavy atom. The zero-order valence-corrected chi connectivity index (χ0v) is 12.7. The third-order valence-electron chi connectivity index (χ3n) is 3.47. The van der Waals surface area contributed by atoms with Gasteiger partial charge < -0.3 is 24.8 Å². The molecule has 0 bridgehead atoms. The maximum atomic E-state index is 5.96. The molecule has 1 aromatic carbocycles. The summed E-state index contributed by atoms with van der Waals surface area (Å²) in [6.07, 6.45) is 0.0329. The van der Waals surface area contributed by atoms with Crippen LogP contribution in [0.25, 0.3) is 0 Å². The predicted octanol–water partition coefficient (Wildman–Crippen LogP) is 1.65. The lowest BCUT2D eigenvalue weighted by molar-refractivity contribution is -0.0789. The summed E-state index contributed by atoms with van der Waals surface area (Å²) in [5.41, 5.74) is 6.59. The molecule has 1 aliphatic heterocycles. The Labute approximate surface area is 120 Å². The number of hydrogen-bond acceptors (Lipinski definition) is 5. The number of hydrogen-bond donors (Lipinski definition) is 1. The zero-order chi connectivity index (χ0) is 14.8. The van der Waals surface area contributed by atoms with Gasteiger partial charge in [0.15, 0.2) is 0 Å². The highest BCUT2D eigenvalue weighted by Crippen LogP contribution is 2.35. The second-order valence-electron chi connectivity index (χ2n) is 5.65. The Kier molecular flexibility index (Phi) is 4.40. The van der Waals surface area contributed by atoms with Gasteiger partial charge in [0, 0.05) is 25.7 Å². The molecule has 5 nitrogen and oxygen atoms in total. The highest BCUT2D eigenvalue weighted by molar-refractivity contribution is 5.61. The van der Waals surface area contributed by atoms with Crippen molar-refractivity contribution < 1.29 is 14.2 Å². The number of nitrogens with zero attached hydrogens (tertiary/aromatic N) is 1. The Morgan fingerprint density at radius 2 is 2.10 bits per heavy atom. The molecule has 2 rings (SSSR count). The van der Waals surface area contributed by atoms with Crippen LogP contribution in [0.2, 0.25) is 0 Å². The molecule has 2 N–H and O–H groups in total. The first-order chi connectivity index (χ1) is 9.49. The van der Waals surface area contributed by atoms with Crippen LogP contribution >= 0.6 is 0 Å². The van der Waals surface area contributed by atoms with Crippen LogP contribution in [0.5, 0.6) is 11.5 Å². The first-order valence-electron chi connectivity index (χ1n) is 6.84. The maximum absolute atomic E-state index is 5.96. The van der Waals surface area contributed by atoms with Crippen LogP contribution in [-0.4, -0.2) is 45.6 Å². The van der Waals surface area contributed by atoms with Gasteiger partial charge in [-0.3, -0.25) is 0 Å². The number of rotatable bonds is 4. The molecule has 0 aliphatic carbocycles. The molecule has 1 fully saturated rings. The van der Waals surface area contributed by atoms with Gasteiger partial charge in [-0.05, 0) is 26.0 Å². The third kappa shape index (κ3) is 3.16. The van der Waals surface area contributed by atoms with E-state index in [1.165, 1.54) is 0 Å². The minimum atomic E-state index is -0.229. The van der Waals surface area contributed by atoms with Crippen molar-refractivity contribution in [3.8, 4) is 11.5 Å². The van der Waals surface area contributed by atoms with Crippen molar-refractivity contribution in [1.82, 2.24) is 0 Å². The molecule has 1 aromatic rings. The molecule has 112 valence electrons. The summed E-state index contributed by atoms with van der Waals surface area (Å²) in [7, 11) is 3.32. The molecule has 20 heavy (non-hydrogen) atoms. The van der Waals surface area contributed by atoms with Crippen molar-refractivity contribution in [3.05, 3.63) is 18.2 Å². The van der Waals surface area contributed by atoms with Crippen molar-refractivity contribution in [2.45, 2.75) is 25.6 Å². The fourth-order valence-electron chi connectivity index (χ4n) is 2.65. The van der Waals surface area contributed by atoms with E-state index in [9.17, 15) is 0 Å². The number of ether oxygens (including phenoxy) is 3. The van der Waals surface area contributed by atoms with E-state index in [1.54, 1.807) is 14.2 Å². The predicted molar refractivity (Wildman–Crippen MR) is 79.8 cm³/mol. The Hall–Kier alpha value is -1.46. The Bertz CT molecular complexity index is 462. The van der Waals surface area contributed by atoms with Gasteiger partial charge in [0.25, 0.3) is 0 Å². The zero-order valence-electron chi connectivity index (χ0n) is 12.7. The molecule has 0 radical (unpaired) electrons. The lowest BCUT2D eigenvalue weighted by Crippen LogP contribution is -2.55. The van der Waals surface area contributed by atoms with E-state index in [-0.39, 0.29) is 11.7 Å². The van der Waals surface area contributed by atoms with E-state index in [0.29, 0.717) is 6.54 Å². The number of benzene rings is 1. The summed E-state index contributed by atoms with van der Waals surface area (Å²) in [4.78, 5) is 2.26. The molecular formula is C15H24N2O3. The van der Waals surface area contributed by atoms with E-state index in [2.05, 4.69) is 18.7 Å². The monoisotopic (exact) mass is 280 g/mol. The number of morpholine rings is 1. The molecule has 1 unspecified atom stereocenters. The van der Waals surface area contributed by atoms with Gasteiger partial charge in [0.2, 0.25) is 0 Å². The molecular weight excluding hydrogens is 256 g/mol. The maximum Gasteiger partial charge on any atom is 0.145 e. The summed E-state index contributed by atoms with van der Waals surface area (Å²) in [5.74, 6) is 1.59. The quantitative estimate of drug-likeness (QED) is 0.908. The van der Waals surface area contributed by atoms with E-state index < -0.39 is 0 Å². The first kappa shape index (κ1) is 14.9. The minimum Gasteiger partial charge on any atom is -0.497 e. The summed E-state index contributed by atoms with van der Waals surface area (Å²) < 4.78 is 16.7. The molecule has 0 spiro atoms. The van der Waals surface area contributed by atoms with E-state index in [4.69, 9.17) is 19.9 Å².